The molecule has 0 unspecified atom stereocenters. The molecule has 0 aromatic heterocycles. The summed E-state index contributed by atoms with van der Waals surface area (Å²) in [5.74, 6) is 0. The van der Waals surface area contributed by atoms with Crippen molar-refractivity contribution in [2.75, 3.05) is 6.54 Å². The van der Waals surface area contributed by atoms with E-state index >= 15 is 0 Å². The lowest BCUT2D eigenvalue weighted by Crippen LogP contribution is -1.96. The predicted molar refractivity (Wildman–Crippen MR) is 58.6 cm³/mol. The summed E-state index contributed by atoms with van der Waals surface area (Å²) in [4.78, 5) is 8.11. The highest BCUT2D eigenvalue weighted by molar-refractivity contribution is 6.01. The Labute approximate surface area is 79.8 Å². The Morgan fingerprint density at radius 1 is 1.69 bits per heavy atom. The molecule has 0 saturated carbocycles. The van der Waals surface area contributed by atoms with E-state index in [1.165, 1.54) is 17.7 Å². The van der Waals surface area contributed by atoms with Crippen molar-refractivity contribution in [2.45, 2.75) is 26.2 Å². The third-order valence-corrected chi connectivity index (χ3v) is 2.11. The molecule has 13 heavy (non-hydrogen) atoms. The van der Waals surface area contributed by atoms with E-state index in [0.717, 1.165) is 19.4 Å². The van der Waals surface area contributed by atoms with Gasteiger partial charge in [-0.05, 0) is 37.6 Å². The first-order valence-electron chi connectivity index (χ1n) is 4.73. The average Bonchev–Trinajstić information content (AvgIpc) is 2.65. The maximum Gasteiger partial charge on any atom is 0.0396 e. The monoisotopic (exact) mass is 176 g/mol. The van der Waals surface area contributed by atoms with Crippen LogP contribution in [0.25, 0.3) is 0 Å². The molecule has 0 spiro atoms. The average molecular weight is 176 g/mol. The van der Waals surface area contributed by atoms with Crippen LogP contribution in [0, 0.1) is 0 Å². The Morgan fingerprint density at radius 2 is 2.54 bits per heavy atom. The zero-order valence-corrected chi connectivity index (χ0v) is 8.16. The van der Waals surface area contributed by atoms with Crippen molar-refractivity contribution >= 4 is 12.4 Å². The molecule has 0 aromatic carbocycles. The SMILES string of the molecule is C=N/C=C\C=C(/CC)C1=NCCC1. The Bertz CT molecular complexity index is 259. The Balaban J connectivity index is 2.65. The number of allylic oxidation sites excluding steroid dienone is 3. The second-order valence-electron chi connectivity index (χ2n) is 3.00. The molecule has 0 fully saturated rings. The van der Waals surface area contributed by atoms with Crippen molar-refractivity contribution in [1.29, 1.82) is 0 Å². The van der Waals surface area contributed by atoms with Gasteiger partial charge in [-0.15, -0.1) is 0 Å². The summed E-state index contributed by atoms with van der Waals surface area (Å²) in [6.45, 7) is 6.54. The van der Waals surface area contributed by atoms with Crippen LogP contribution >= 0.6 is 0 Å². The molecule has 0 N–H and O–H groups in total. The molecule has 70 valence electrons. The van der Waals surface area contributed by atoms with Crippen LogP contribution in [0.3, 0.4) is 0 Å². The van der Waals surface area contributed by atoms with Gasteiger partial charge in [-0.2, -0.15) is 0 Å². The maximum absolute atomic E-state index is 4.45. The molecule has 1 heterocycles. The van der Waals surface area contributed by atoms with Crippen molar-refractivity contribution in [2.24, 2.45) is 9.98 Å². The van der Waals surface area contributed by atoms with Crippen LogP contribution < -0.4 is 0 Å². The zero-order chi connectivity index (χ0) is 9.52. The van der Waals surface area contributed by atoms with Crippen molar-refractivity contribution in [3.05, 3.63) is 23.9 Å². The first kappa shape index (κ1) is 9.90. The minimum Gasteiger partial charge on any atom is -0.289 e. The topological polar surface area (TPSA) is 24.7 Å². The molecule has 1 aliphatic heterocycles. The first-order valence-corrected chi connectivity index (χ1v) is 4.73. The van der Waals surface area contributed by atoms with E-state index in [4.69, 9.17) is 0 Å². The van der Waals surface area contributed by atoms with Gasteiger partial charge in [0.25, 0.3) is 0 Å². The lowest BCUT2D eigenvalue weighted by atomic mass is 10.1. The molecular formula is C11H16N2. The predicted octanol–water partition coefficient (Wildman–Crippen LogP) is 2.77. The molecular weight excluding hydrogens is 160 g/mol. The fraction of sp³-hybridized carbons (Fsp3) is 0.455. The van der Waals surface area contributed by atoms with Crippen LogP contribution in [0.2, 0.25) is 0 Å². The van der Waals surface area contributed by atoms with Crippen molar-refractivity contribution in [1.82, 2.24) is 0 Å². The van der Waals surface area contributed by atoms with Gasteiger partial charge < -0.3 is 0 Å². The Hall–Kier alpha value is -1.18. The van der Waals surface area contributed by atoms with Crippen molar-refractivity contribution in [3.8, 4) is 0 Å². The standard InChI is InChI=1S/C11H16N2/c1-3-10(6-4-8-12-2)11-7-5-9-13-11/h4,6,8H,2-3,5,7,9H2,1H3/b8-4-,10-6+. The normalized spacial score (nSPS) is 17.9. The molecule has 1 aliphatic rings. The van der Waals surface area contributed by atoms with Gasteiger partial charge in [-0.1, -0.05) is 13.0 Å². The van der Waals surface area contributed by atoms with Crippen LogP contribution in [-0.2, 0) is 0 Å². The summed E-state index contributed by atoms with van der Waals surface area (Å²) < 4.78 is 0. The first-order chi connectivity index (χ1) is 6.38. The minimum absolute atomic E-state index is 0.996. The second kappa shape index (κ2) is 5.46. The summed E-state index contributed by atoms with van der Waals surface area (Å²) in [6.07, 6.45) is 9.09. The minimum atomic E-state index is 0.996. The summed E-state index contributed by atoms with van der Waals surface area (Å²) in [6, 6.07) is 0. The van der Waals surface area contributed by atoms with E-state index in [-0.39, 0.29) is 0 Å². The van der Waals surface area contributed by atoms with Gasteiger partial charge in [0.15, 0.2) is 0 Å². The molecule has 0 atom stereocenters. The molecule has 0 saturated heterocycles. The van der Waals surface area contributed by atoms with Crippen molar-refractivity contribution in [3.63, 3.8) is 0 Å². The summed E-state index contributed by atoms with van der Waals surface area (Å²) in [5.41, 5.74) is 2.61. The van der Waals surface area contributed by atoms with E-state index in [0.29, 0.717) is 0 Å². The molecule has 0 aromatic rings. The van der Waals surface area contributed by atoms with Gasteiger partial charge in [0.2, 0.25) is 0 Å². The number of rotatable bonds is 4. The molecule has 1 rings (SSSR count). The van der Waals surface area contributed by atoms with Gasteiger partial charge in [0, 0.05) is 18.5 Å². The largest absolute Gasteiger partial charge is 0.289 e. The lowest BCUT2D eigenvalue weighted by Gasteiger charge is -2.01. The zero-order valence-electron chi connectivity index (χ0n) is 8.16. The highest BCUT2D eigenvalue weighted by Gasteiger charge is 2.08. The molecule has 0 aliphatic carbocycles. The third kappa shape index (κ3) is 2.98. The fourth-order valence-electron chi connectivity index (χ4n) is 1.44. The third-order valence-electron chi connectivity index (χ3n) is 2.11. The summed E-state index contributed by atoms with van der Waals surface area (Å²) >= 11 is 0. The Morgan fingerprint density at radius 3 is 3.08 bits per heavy atom. The molecule has 0 amide bonds. The van der Waals surface area contributed by atoms with Crippen LogP contribution in [0.5, 0.6) is 0 Å². The van der Waals surface area contributed by atoms with Gasteiger partial charge >= 0.3 is 0 Å². The van der Waals surface area contributed by atoms with E-state index in [9.17, 15) is 0 Å². The van der Waals surface area contributed by atoms with E-state index in [1.807, 2.05) is 6.08 Å². The smallest absolute Gasteiger partial charge is 0.0396 e. The van der Waals surface area contributed by atoms with Gasteiger partial charge in [0.1, 0.15) is 0 Å². The van der Waals surface area contributed by atoms with Crippen LogP contribution in [0.15, 0.2) is 33.9 Å². The molecule has 0 radical (unpaired) electrons. The fourth-order valence-corrected chi connectivity index (χ4v) is 1.44. The molecule has 2 nitrogen and oxygen atoms in total. The Kier molecular flexibility index (Phi) is 4.16. The molecule has 2 heteroatoms. The van der Waals surface area contributed by atoms with E-state index < -0.39 is 0 Å². The van der Waals surface area contributed by atoms with Crippen LogP contribution in [0.1, 0.15) is 26.2 Å². The van der Waals surface area contributed by atoms with Gasteiger partial charge in [-0.25, -0.2) is 0 Å². The van der Waals surface area contributed by atoms with Gasteiger partial charge in [-0.3, -0.25) is 9.98 Å². The second-order valence-corrected chi connectivity index (χ2v) is 3.00. The number of hydrogen-bond donors (Lipinski definition) is 0. The number of hydrogen-bond acceptors (Lipinski definition) is 2. The molecule has 0 bridgehead atoms. The van der Waals surface area contributed by atoms with Crippen LogP contribution in [0.4, 0.5) is 0 Å². The lowest BCUT2D eigenvalue weighted by molar-refractivity contribution is 0.950. The van der Waals surface area contributed by atoms with E-state index in [2.05, 4.69) is 29.7 Å². The van der Waals surface area contributed by atoms with E-state index in [1.54, 1.807) is 6.20 Å². The highest BCUT2D eigenvalue weighted by Crippen LogP contribution is 2.14. The summed E-state index contributed by atoms with van der Waals surface area (Å²) in [5, 5.41) is 0. The quantitative estimate of drug-likeness (QED) is 0.465. The number of nitrogens with zero attached hydrogens (tertiary/aromatic N) is 2. The summed E-state index contributed by atoms with van der Waals surface area (Å²) in [7, 11) is 0. The van der Waals surface area contributed by atoms with Crippen molar-refractivity contribution < 1.29 is 0 Å². The van der Waals surface area contributed by atoms with Crippen LogP contribution in [-0.4, -0.2) is 19.0 Å². The highest BCUT2D eigenvalue weighted by atomic mass is 14.8. The van der Waals surface area contributed by atoms with Gasteiger partial charge in [0.05, 0.1) is 0 Å². The maximum atomic E-state index is 4.45. The number of aliphatic imine (C=N–C) groups is 2.